The summed E-state index contributed by atoms with van der Waals surface area (Å²) in [6.07, 6.45) is 2.57. The fourth-order valence-corrected chi connectivity index (χ4v) is 4.45. The summed E-state index contributed by atoms with van der Waals surface area (Å²) < 4.78 is 5.91. The molecule has 5 heteroatoms. The molecule has 0 amide bonds. The summed E-state index contributed by atoms with van der Waals surface area (Å²) in [7, 11) is 0. The van der Waals surface area contributed by atoms with Crippen LogP contribution < -0.4 is 4.74 Å². The Morgan fingerprint density at radius 1 is 1.21 bits per heavy atom. The summed E-state index contributed by atoms with van der Waals surface area (Å²) in [5, 5.41) is 10.5. The lowest BCUT2D eigenvalue weighted by molar-refractivity contribution is -0.145. The fraction of sp³-hybridized carbons (Fsp3) is 0.435. The van der Waals surface area contributed by atoms with Crippen molar-refractivity contribution in [3.05, 3.63) is 63.7 Å². The van der Waals surface area contributed by atoms with Gasteiger partial charge in [-0.1, -0.05) is 47.3 Å². The lowest BCUT2D eigenvalue weighted by Gasteiger charge is -2.40. The smallest absolute Gasteiger partial charge is 0.320 e. The molecule has 1 saturated heterocycles. The van der Waals surface area contributed by atoms with E-state index in [4.69, 9.17) is 16.3 Å². The Hall–Kier alpha value is -2.04. The Labute approximate surface area is 172 Å². The summed E-state index contributed by atoms with van der Waals surface area (Å²) in [5.74, 6) is -0.0140. The molecule has 3 rings (SSSR count). The maximum atomic E-state index is 12.0. The Kier molecular flexibility index (Phi) is 6.63. The Morgan fingerprint density at radius 2 is 1.93 bits per heavy atom. The second kappa shape index (κ2) is 8.97. The largest absolute Gasteiger partial charge is 0.494 e. The number of carboxylic acid groups (broad SMARTS) is 1. The minimum absolute atomic E-state index is 0.222. The van der Waals surface area contributed by atoms with Crippen LogP contribution in [0.2, 0.25) is 5.02 Å². The average molecular weight is 402 g/mol. The first-order valence-electron chi connectivity index (χ1n) is 9.89. The fourth-order valence-electron chi connectivity index (χ4n) is 4.27. The molecule has 150 valence electrons. The Bertz CT molecular complexity index is 831. The minimum atomic E-state index is -0.769. The third-order valence-corrected chi connectivity index (χ3v) is 5.52. The molecule has 2 unspecified atom stereocenters. The number of benzene rings is 2. The molecule has 1 heterocycles. The van der Waals surface area contributed by atoms with Gasteiger partial charge in [0.1, 0.15) is 11.8 Å². The van der Waals surface area contributed by atoms with Crippen LogP contribution in [0, 0.1) is 13.8 Å². The number of carboxylic acids is 1. The molecule has 0 saturated carbocycles. The van der Waals surface area contributed by atoms with Crippen molar-refractivity contribution in [2.75, 3.05) is 13.2 Å². The van der Waals surface area contributed by atoms with Crippen molar-refractivity contribution in [1.29, 1.82) is 0 Å². The van der Waals surface area contributed by atoms with E-state index in [1.54, 1.807) is 0 Å². The standard InChI is InChI=1S/C23H28ClNO3/c1-4-28-21-9-8-18(24)14-19(21)22(17-12-15(2)11-16(3)13-17)25-10-6-5-7-20(25)23(26)27/h8-9,11-14,20,22H,4-7,10H2,1-3H3,(H,26,27). The van der Waals surface area contributed by atoms with Crippen molar-refractivity contribution >= 4 is 17.6 Å². The van der Waals surface area contributed by atoms with Gasteiger partial charge in [0.15, 0.2) is 0 Å². The first-order valence-corrected chi connectivity index (χ1v) is 10.3. The molecule has 1 N–H and O–H groups in total. The number of halogens is 1. The van der Waals surface area contributed by atoms with Crippen LogP contribution in [-0.4, -0.2) is 35.2 Å². The van der Waals surface area contributed by atoms with Crippen LogP contribution in [0.5, 0.6) is 5.75 Å². The molecule has 4 nitrogen and oxygen atoms in total. The molecule has 2 atom stereocenters. The van der Waals surface area contributed by atoms with Gasteiger partial charge >= 0.3 is 5.97 Å². The lowest BCUT2D eigenvalue weighted by atomic mass is 9.89. The number of hydrogen-bond donors (Lipinski definition) is 1. The summed E-state index contributed by atoms with van der Waals surface area (Å²) >= 11 is 6.36. The SMILES string of the molecule is CCOc1ccc(Cl)cc1C(c1cc(C)cc(C)c1)N1CCCCC1C(=O)O. The third kappa shape index (κ3) is 4.50. The first-order chi connectivity index (χ1) is 13.4. The van der Waals surface area contributed by atoms with Crippen molar-refractivity contribution in [1.82, 2.24) is 4.90 Å². The summed E-state index contributed by atoms with van der Waals surface area (Å²) in [5.41, 5.74) is 4.31. The van der Waals surface area contributed by atoms with E-state index in [0.717, 1.165) is 47.4 Å². The number of likely N-dealkylation sites (tertiary alicyclic amines) is 1. The second-order valence-corrected chi connectivity index (χ2v) is 7.96. The number of piperidine rings is 1. The maximum Gasteiger partial charge on any atom is 0.320 e. The summed E-state index contributed by atoms with van der Waals surface area (Å²) in [6, 6.07) is 11.3. The van der Waals surface area contributed by atoms with Crippen LogP contribution in [0.4, 0.5) is 0 Å². The molecule has 1 fully saturated rings. The minimum Gasteiger partial charge on any atom is -0.494 e. The van der Waals surface area contributed by atoms with Gasteiger partial charge in [0.2, 0.25) is 0 Å². The Balaban J connectivity index is 2.20. The van der Waals surface area contributed by atoms with E-state index < -0.39 is 12.0 Å². The molecule has 0 bridgehead atoms. The third-order valence-electron chi connectivity index (χ3n) is 5.29. The second-order valence-electron chi connectivity index (χ2n) is 7.53. The topological polar surface area (TPSA) is 49.8 Å². The van der Waals surface area contributed by atoms with E-state index in [9.17, 15) is 9.90 Å². The van der Waals surface area contributed by atoms with E-state index in [-0.39, 0.29) is 6.04 Å². The highest BCUT2D eigenvalue weighted by atomic mass is 35.5. The van der Waals surface area contributed by atoms with Crippen LogP contribution in [0.3, 0.4) is 0 Å². The van der Waals surface area contributed by atoms with Crippen molar-refractivity contribution in [2.24, 2.45) is 0 Å². The Morgan fingerprint density at radius 3 is 2.57 bits per heavy atom. The van der Waals surface area contributed by atoms with Crippen molar-refractivity contribution < 1.29 is 14.6 Å². The number of hydrogen-bond acceptors (Lipinski definition) is 3. The van der Waals surface area contributed by atoms with Crippen molar-refractivity contribution in [3.63, 3.8) is 0 Å². The van der Waals surface area contributed by atoms with Gasteiger partial charge in [0, 0.05) is 10.6 Å². The number of nitrogens with zero attached hydrogens (tertiary/aromatic N) is 1. The molecule has 28 heavy (non-hydrogen) atoms. The van der Waals surface area contributed by atoms with Crippen LogP contribution in [0.25, 0.3) is 0 Å². The van der Waals surface area contributed by atoms with Gasteiger partial charge in [-0.15, -0.1) is 0 Å². The van der Waals surface area contributed by atoms with Gasteiger partial charge in [0.25, 0.3) is 0 Å². The van der Waals surface area contributed by atoms with Crippen LogP contribution in [-0.2, 0) is 4.79 Å². The zero-order valence-electron chi connectivity index (χ0n) is 16.7. The number of aliphatic carboxylic acids is 1. The number of rotatable bonds is 6. The van der Waals surface area contributed by atoms with Crippen LogP contribution >= 0.6 is 11.6 Å². The monoisotopic (exact) mass is 401 g/mol. The van der Waals surface area contributed by atoms with Crippen molar-refractivity contribution in [2.45, 2.75) is 52.1 Å². The molecule has 0 spiro atoms. The maximum absolute atomic E-state index is 12.0. The number of ether oxygens (including phenoxy) is 1. The molecule has 0 radical (unpaired) electrons. The molecule has 0 aliphatic carbocycles. The van der Waals surface area contributed by atoms with Crippen molar-refractivity contribution in [3.8, 4) is 5.75 Å². The molecular formula is C23H28ClNO3. The number of carbonyl (C=O) groups is 1. The molecule has 0 aromatic heterocycles. The van der Waals surface area contributed by atoms with Gasteiger partial charge in [0.05, 0.1) is 12.6 Å². The van der Waals surface area contributed by atoms with E-state index in [1.807, 2.05) is 25.1 Å². The lowest BCUT2D eigenvalue weighted by Crippen LogP contribution is -2.47. The first kappa shape index (κ1) is 20.7. The molecule has 1 aliphatic heterocycles. The average Bonchev–Trinajstić information content (AvgIpc) is 2.64. The molecular weight excluding hydrogens is 374 g/mol. The van der Waals surface area contributed by atoms with E-state index in [2.05, 4.69) is 36.9 Å². The normalized spacial score (nSPS) is 18.6. The van der Waals surface area contributed by atoms with Gasteiger partial charge in [-0.3, -0.25) is 9.69 Å². The molecule has 2 aromatic carbocycles. The van der Waals surface area contributed by atoms with Crippen LogP contribution in [0.1, 0.15) is 54.5 Å². The molecule has 1 aliphatic rings. The number of aryl methyl sites for hydroxylation is 2. The van der Waals surface area contributed by atoms with Gasteiger partial charge < -0.3 is 9.84 Å². The van der Waals surface area contributed by atoms with Gasteiger partial charge in [-0.25, -0.2) is 0 Å². The quantitative estimate of drug-likeness (QED) is 0.705. The van der Waals surface area contributed by atoms with Gasteiger partial charge in [-0.2, -0.15) is 0 Å². The molecule has 2 aromatic rings. The van der Waals surface area contributed by atoms with Gasteiger partial charge in [-0.05, 0) is 63.9 Å². The predicted octanol–water partition coefficient (Wildman–Crippen LogP) is 5.38. The van der Waals surface area contributed by atoms with E-state index in [1.165, 1.54) is 0 Å². The zero-order valence-corrected chi connectivity index (χ0v) is 17.5. The highest BCUT2D eigenvalue weighted by Gasteiger charge is 2.36. The highest BCUT2D eigenvalue weighted by molar-refractivity contribution is 6.30. The van der Waals surface area contributed by atoms with Crippen LogP contribution in [0.15, 0.2) is 36.4 Å². The predicted molar refractivity (Wildman–Crippen MR) is 112 cm³/mol. The van der Waals surface area contributed by atoms with E-state index in [0.29, 0.717) is 18.1 Å². The highest BCUT2D eigenvalue weighted by Crippen LogP contribution is 2.40. The zero-order chi connectivity index (χ0) is 20.3. The van der Waals surface area contributed by atoms with E-state index >= 15 is 0 Å². The summed E-state index contributed by atoms with van der Waals surface area (Å²) in [6.45, 7) is 7.36. The summed E-state index contributed by atoms with van der Waals surface area (Å²) in [4.78, 5) is 14.1.